The molecule has 0 aromatic carbocycles. The Morgan fingerprint density at radius 1 is 1.10 bits per heavy atom. The fraction of sp³-hybridized carbons (Fsp3) is 0.882. The minimum Gasteiger partial charge on any atom is -0.394 e. The summed E-state index contributed by atoms with van der Waals surface area (Å²) in [5.41, 5.74) is -2.50. The molecule has 2 fully saturated rings. The lowest BCUT2D eigenvalue weighted by Crippen LogP contribution is -2.68. The highest BCUT2D eigenvalue weighted by Gasteiger charge is 2.51. The predicted molar refractivity (Wildman–Crippen MR) is 103 cm³/mol. The van der Waals surface area contributed by atoms with E-state index in [1.54, 1.807) is 0 Å². The normalized spacial score (nSPS) is 38.7. The van der Waals surface area contributed by atoms with Gasteiger partial charge in [-0.05, 0) is 0 Å². The van der Waals surface area contributed by atoms with Gasteiger partial charge in [0.2, 0.25) is 11.8 Å². The van der Waals surface area contributed by atoms with E-state index in [0.717, 1.165) is 0 Å². The van der Waals surface area contributed by atoms with Crippen molar-refractivity contribution < 1.29 is 49.3 Å². The highest BCUT2D eigenvalue weighted by atomic mass is 32.1. The quantitative estimate of drug-likeness (QED) is 0.177. The molecular formula is C17H30N2O10S. The van der Waals surface area contributed by atoms with E-state index in [2.05, 4.69) is 23.3 Å². The molecule has 2 aliphatic heterocycles. The van der Waals surface area contributed by atoms with Crippen LogP contribution in [-0.4, -0.2) is 111 Å². The molecule has 0 radical (unpaired) electrons. The maximum Gasteiger partial charge on any atom is 0.217 e. The van der Waals surface area contributed by atoms with Crippen LogP contribution in [-0.2, 0) is 23.8 Å². The van der Waals surface area contributed by atoms with Gasteiger partial charge in [-0.1, -0.05) is 0 Å². The molecular weight excluding hydrogens is 424 g/mol. The number of aliphatic hydroxyl groups excluding tert-OH is 5. The van der Waals surface area contributed by atoms with Gasteiger partial charge >= 0.3 is 0 Å². The molecule has 2 heterocycles. The first-order valence-electron chi connectivity index (χ1n) is 9.47. The number of carbonyl (C=O) groups is 2. The summed E-state index contributed by atoms with van der Waals surface area (Å²) in [5, 5.41) is 55.3. The largest absolute Gasteiger partial charge is 0.394 e. The Bertz CT molecular complexity index is 607. The van der Waals surface area contributed by atoms with Crippen LogP contribution < -0.4 is 10.6 Å². The maximum absolute atomic E-state index is 11.6. The molecule has 2 amide bonds. The van der Waals surface area contributed by atoms with Crippen molar-refractivity contribution in [1.29, 1.82) is 0 Å². The van der Waals surface area contributed by atoms with Crippen molar-refractivity contribution in [3.05, 3.63) is 0 Å². The zero-order valence-electron chi connectivity index (χ0n) is 16.7. The van der Waals surface area contributed by atoms with Crippen molar-refractivity contribution in [2.24, 2.45) is 0 Å². The van der Waals surface area contributed by atoms with Crippen LogP contribution in [0, 0.1) is 0 Å². The van der Waals surface area contributed by atoms with E-state index in [4.69, 9.17) is 14.2 Å². The molecule has 0 saturated carbocycles. The summed E-state index contributed by atoms with van der Waals surface area (Å²) in [6.07, 6.45) is -6.62. The Morgan fingerprint density at radius 3 is 2.17 bits per heavy atom. The molecule has 0 aromatic heterocycles. The minimum atomic E-state index is -1.56. The van der Waals surface area contributed by atoms with Gasteiger partial charge in [0.1, 0.15) is 35.4 Å². The van der Waals surface area contributed by atoms with Crippen LogP contribution in [0.15, 0.2) is 0 Å². The average molecular weight is 454 g/mol. The zero-order valence-corrected chi connectivity index (χ0v) is 17.6. The summed E-state index contributed by atoms with van der Waals surface area (Å²) in [6, 6.07) is -2.10. The van der Waals surface area contributed by atoms with Crippen LogP contribution in [0.5, 0.6) is 0 Å². The lowest BCUT2D eigenvalue weighted by Gasteiger charge is -2.49. The Morgan fingerprint density at radius 2 is 1.67 bits per heavy atom. The summed E-state index contributed by atoms with van der Waals surface area (Å²) in [5.74, 6) is -0.953. The van der Waals surface area contributed by atoms with Crippen LogP contribution in [0.2, 0.25) is 0 Å². The third kappa shape index (κ3) is 5.60. The lowest BCUT2D eigenvalue weighted by atomic mass is 9.89. The molecule has 0 aliphatic carbocycles. The third-order valence-electron chi connectivity index (χ3n) is 5.13. The molecule has 0 spiro atoms. The highest BCUT2D eigenvalue weighted by molar-refractivity contribution is 7.80. The Kier molecular flexibility index (Phi) is 8.85. The molecule has 12 nitrogen and oxygen atoms in total. The molecule has 13 heteroatoms. The van der Waals surface area contributed by atoms with Gasteiger partial charge in [0, 0.05) is 20.3 Å². The van der Waals surface area contributed by atoms with Gasteiger partial charge in [-0.2, -0.15) is 0 Å². The van der Waals surface area contributed by atoms with Crippen LogP contribution in [0.4, 0.5) is 0 Å². The second-order valence-corrected chi connectivity index (χ2v) is 8.06. The van der Waals surface area contributed by atoms with Crippen molar-refractivity contribution >= 4 is 24.4 Å². The summed E-state index contributed by atoms with van der Waals surface area (Å²) in [7, 11) is 0. The van der Waals surface area contributed by atoms with Gasteiger partial charge in [0.05, 0.1) is 32.0 Å². The SMILES string of the molecule is CC(=O)NC1C(O)CC(CO)(CO)O[C@H]1O[C@@H]1C(CO)O[C@@H](S)C(NC(C)=O)C1O. The summed E-state index contributed by atoms with van der Waals surface area (Å²) < 4.78 is 17.0. The fourth-order valence-corrected chi connectivity index (χ4v) is 4.02. The predicted octanol–water partition coefficient (Wildman–Crippen LogP) is -3.78. The standard InChI is InChI=1S/C17H30N2O10S/c1-7(23)18-11-9(25)3-17(5-21,6-22)29-15(11)28-14-10(4-20)27-16(30)12(13(14)26)19-8(2)24/h9-16,20-22,25-26,30H,3-6H2,1-2H3,(H,18,23)(H,19,24)/t9?,10?,11?,12?,13?,14-,15-,16+/m1/s1. The number of amides is 2. The first kappa shape index (κ1) is 25.2. The van der Waals surface area contributed by atoms with Crippen molar-refractivity contribution in [3.8, 4) is 0 Å². The number of carbonyl (C=O) groups excluding carboxylic acids is 2. The maximum atomic E-state index is 11.6. The van der Waals surface area contributed by atoms with Crippen LogP contribution in [0.3, 0.4) is 0 Å². The van der Waals surface area contributed by atoms with Crippen LogP contribution in [0.25, 0.3) is 0 Å². The molecule has 0 bridgehead atoms. The molecule has 2 rings (SSSR count). The van der Waals surface area contributed by atoms with E-state index >= 15 is 0 Å². The zero-order chi connectivity index (χ0) is 22.6. The number of ether oxygens (including phenoxy) is 3. The first-order valence-corrected chi connectivity index (χ1v) is 9.99. The molecule has 174 valence electrons. The van der Waals surface area contributed by atoms with E-state index in [1.165, 1.54) is 13.8 Å². The third-order valence-corrected chi connectivity index (χ3v) is 5.58. The van der Waals surface area contributed by atoms with Crippen molar-refractivity contribution in [2.45, 2.75) is 74.1 Å². The van der Waals surface area contributed by atoms with Gasteiger partial charge in [-0.25, -0.2) is 0 Å². The second-order valence-electron chi connectivity index (χ2n) is 7.55. The minimum absolute atomic E-state index is 0.189. The molecule has 2 aliphatic rings. The number of aliphatic hydroxyl groups is 5. The van der Waals surface area contributed by atoms with Crippen molar-refractivity contribution in [1.82, 2.24) is 10.6 Å². The van der Waals surface area contributed by atoms with Gasteiger partial charge in [0.15, 0.2) is 6.29 Å². The summed E-state index contributed by atoms with van der Waals surface area (Å²) >= 11 is 4.19. The van der Waals surface area contributed by atoms with Gasteiger partial charge in [-0.15, -0.1) is 12.6 Å². The monoisotopic (exact) mass is 454 g/mol. The number of hydrogen-bond acceptors (Lipinski definition) is 11. The number of hydrogen-bond donors (Lipinski definition) is 8. The van der Waals surface area contributed by atoms with E-state index < -0.39 is 85.5 Å². The van der Waals surface area contributed by atoms with E-state index in [9.17, 15) is 35.1 Å². The molecule has 0 aromatic rings. The Hall–Kier alpha value is -1.03. The van der Waals surface area contributed by atoms with Gasteiger partial charge in [0.25, 0.3) is 0 Å². The fourth-order valence-electron chi connectivity index (χ4n) is 3.62. The number of thiol groups is 1. The van der Waals surface area contributed by atoms with Crippen molar-refractivity contribution in [3.63, 3.8) is 0 Å². The molecule has 7 N–H and O–H groups in total. The van der Waals surface area contributed by atoms with Gasteiger partial charge < -0.3 is 50.4 Å². The molecule has 5 unspecified atom stereocenters. The van der Waals surface area contributed by atoms with E-state index in [0.29, 0.717) is 0 Å². The lowest BCUT2D eigenvalue weighted by molar-refractivity contribution is -0.321. The Labute approximate surface area is 178 Å². The summed E-state index contributed by atoms with van der Waals surface area (Å²) in [4.78, 5) is 23.1. The Balaban J connectivity index is 2.31. The van der Waals surface area contributed by atoms with Crippen LogP contribution in [0.1, 0.15) is 20.3 Å². The number of rotatable bonds is 7. The summed E-state index contributed by atoms with van der Waals surface area (Å²) in [6.45, 7) is 0.598. The van der Waals surface area contributed by atoms with Crippen molar-refractivity contribution in [2.75, 3.05) is 19.8 Å². The first-order chi connectivity index (χ1) is 14.1. The smallest absolute Gasteiger partial charge is 0.217 e. The van der Waals surface area contributed by atoms with Gasteiger partial charge in [-0.3, -0.25) is 9.59 Å². The second kappa shape index (κ2) is 10.5. The molecule has 30 heavy (non-hydrogen) atoms. The average Bonchev–Trinajstić information content (AvgIpc) is 2.68. The topological polar surface area (TPSA) is 187 Å². The molecule has 8 atom stereocenters. The molecule has 2 saturated heterocycles. The van der Waals surface area contributed by atoms with Crippen LogP contribution >= 0.6 is 12.6 Å². The van der Waals surface area contributed by atoms with E-state index in [-0.39, 0.29) is 6.42 Å². The number of nitrogens with one attached hydrogen (secondary N) is 2. The highest BCUT2D eigenvalue weighted by Crippen LogP contribution is 2.33. The van der Waals surface area contributed by atoms with E-state index in [1.807, 2.05) is 0 Å².